The van der Waals surface area contributed by atoms with Crippen LogP contribution in [0.4, 0.5) is 11.4 Å². The first-order chi connectivity index (χ1) is 17.3. The molecule has 1 aromatic rings. The lowest BCUT2D eigenvalue weighted by Crippen LogP contribution is -2.19. The molecule has 2 N–H and O–H groups in total. The molecule has 1 rings (SSSR count). The first-order valence-corrected chi connectivity index (χ1v) is 15.0. The molecular weight excluding hydrogens is 444 g/mol. The highest BCUT2D eigenvalue weighted by Crippen LogP contribution is 2.35. The van der Waals surface area contributed by atoms with Gasteiger partial charge in [-0.25, -0.2) is 0 Å². The van der Waals surface area contributed by atoms with E-state index in [4.69, 9.17) is 0 Å². The van der Waals surface area contributed by atoms with Crippen molar-refractivity contribution < 1.29 is 9.59 Å². The molecule has 0 bridgehead atoms. The van der Waals surface area contributed by atoms with Crippen LogP contribution in [0.2, 0.25) is 0 Å². The summed E-state index contributed by atoms with van der Waals surface area (Å²) in [5.41, 5.74) is 6.01. The highest BCUT2D eigenvalue weighted by Gasteiger charge is 2.19. The number of rotatable bonds is 20. The molecule has 0 aromatic heterocycles. The first kappa shape index (κ1) is 32.2. The highest BCUT2D eigenvalue weighted by atomic mass is 16.2. The fraction of sp³-hybridized carbons (Fsp3) is 0.750. The summed E-state index contributed by atoms with van der Waals surface area (Å²) >= 11 is 0. The van der Waals surface area contributed by atoms with E-state index < -0.39 is 0 Å². The maximum atomic E-state index is 12.8. The Morgan fingerprint density at radius 2 is 0.722 bits per heavy atom. The van der Waals surface area contributed by atoms with E-state index in [2.05, 4.69) is 38.3 Å². The number of unbranched alkanes of at least 4 members (excludes halogenated alkanes) is 14. The van der Waals surface area contributed by atoms with Crippen LogP contribution in [0.5, 0.6) is 0 Å². The van der Waals surface area contributed by atoms with E-state index in [9.17, 15) is 9.59 Å². The monoisotopic (exact) mass is 500 g/mol. The Hall–Kier alpha value is -1.84. The summed E-state index contributed by atoms with van der Waals surface area (Å²) in [6.45, 7) is 12.8. The number of carbonyl (C=O) groups is 2. The Balaban J connectivity index is 2.60. The van der Waals surface area contributed by atoms with Crippen molar-refractivity contribution in [1.82, 2.24) is 0 Å². The summed E-state index contributed by atoms with van der Waals surface area (Å²) in [6, 6.07) is 0. The zero-order valence-corrected chi connectivity index (χ0v) is 24.5. The fourth-order valence-electron chi connectivity index (χ4n) is 4.87. The second kappa shape index (κ2) is 19.3. The Morgan fingerprint density at radius 3 is 1.03 bits per heavy atom. The van der Waals surface area contributed by atoms with Gasteiger partial charge in [-0.1, -0.05) is 104 Å². The van der Waals surface area contributed by atoms with Crippen LogP contribution in [0.3, 0.4) is 0 Å². The van der Waals surface area contributed by atoms with Gasteiger partial charge in [0.15, 0.2) is 0 Å². The Kier molecular flexibility index (Phi) is 17.3. The van der Waals surface area contributed by atoms with Gasteiger partial charge in [-0.15, -0.1) is 0 Å². The molecule has 0 atom stereocenters. The van der Waals surface area contributed by atoms with Crippen molar-refractivity contribution >= 4 is 23.2 Å². The van der Waals surface area contributed by atoms with Crippen LogP contribution in [0, 0.1) is 27.7 Å². The lowest BCUT2D eigenvalue weighted by molar-refractivity contribution is -0.117. The van der Waals surface area contributed by atoms with Crippen LogP contribution in [-0.4, -0.2) is 11.8 Å². The third-order valence-electron chi connectivity index (χ3n) is 7.73. The summed E-state index contributed by atoms with van der Waals surface area (Å²) in [5.74, 6) is 0.0932. The number of benzene rings is 1. The average Bonchev–Trinajstić information content (AvgIpc) is 2.86. The molecule has 0 radical (unpaired) electrons. The second-order valence-electron chi connectivity index (χ2n) is 10.8. The molecule has 0 saturated carbocycles. The number of nitrogens with one attached hydrogen (secondary N) is 2. The minimum atomic E-state index is 0.0466. The van der Waals surface area contributed by atoms with Crippen LogP contribution in [0.25, 0.3) is 0 Å². The Labute approximate surface area is 222 Å². The van der Waals surface area contributed by atoms with Crippen molar-refractivity contribution in [1.29, 1.82) is 0 Å². The standard InChI is InChI=1S/C32H56N2O2/c1-7-9-11-13-15-17-19-21-23-29(35)33-31-27(5)25(3)26(4)28(6)32(31)34-30(36)24-22-20-18-16-14-12-10-8-2/h7-24H2,1-6H3,(H,33,35)(H,34,36). The molecule has 0 fully saturated rings. The molecule has 0 spiro atoms. The summed E-state index contributed by atoms with van der Waals surface area (Å²) in [6.07, 6.45) is 20.6. The van der Waals surface area contributed by atoms with E-state index in [0.717, 1.165) is 48.2 Å². The molecule has 0 saturated heterocycles. The molecule has 0 aliphatic rings. The zero-order valence-electron chi connectivity index (χ0n) is 24.5. The van der Waals surface area contributed by atoms with Gasteiger partial charge in [0, 0.05) is 12.8 Å². The summed E-state index contributed by atoms with van der Waals surface area (Å²) in [5, 5.41) is 6.32. The van der Waals surface area contributed by atoms with Gasteiger partial charge in [-0.05, 0) is 62.8 Å². The van der Waals surface area contributed by atoms with E-state index in [1.807, 2.05) is 13.8 Å². The topological polar surface area (TPSA) is 58.2 Å². The molecule has 2 amide bonds. The molecule has 1 aromatic carbocycles. The third kappa shape index (κ3) is 12.4. The third-order valence-corrected chi connectivity index (χ3v) is 7.73. The largest absolute Gasteiger partial charge is 0.324 e. The minimum Gasteiger partial charge on any atom is -0.324 e. The van der Waals surface area contributed by atoms with Crippen molar-refractivity contribution in [2.45, 2.75) is 157 Å². The van der Waals surface area contributed by atoms with Gasteiger partial charge < -0.3 is 10.6 Å². The van der Waals surface area contributed by atoms with Gasteiger partial charge in [0.1, 0.15) is 0 Å². The normalized spacial score (nSPS) is 11.1. The quantitative estimate of drug-likeness (QED) is 0.175. The van der Waals surface area contributed by atoms with E-state index in [1.54, 1.807) is 0 Å². The Bertz CT molecular complexity index is 720. The summed E-state index contributed by atoms with van der Waals surface area (Å²) < 4.78 is 0. The van der Waals surface area contributed by atoms with Crippen molar-refractivity contribution in [3.8, 4) is 0 Å². The van der Waals surface area contributed by atoms with Crippen molar-refractivity contribution in [3.63, 3.8) is 0 Å². The number of carbonyl (C=O) groups excluding carboxylic acids is 2. The molecule has 36 heavy (non-hydrogen) atoms. The maximum Gasteiger partial charge on any atom is 0.224 e. The lowest BCUT2D eigenvalue weighted by atomic mass is 9.95. The van der Waals surface area contributed by atoms with Crippen molar-refractivity contribution in [3.05, 3.63) is 22.3 Å². The highest BCUT2D eigenvalue weighted by molar-refractivity contribution is 6.02. The average molecular weight is 501 g/mol. The number of anilines is 2. The van der Waals surface area contributed by atoms with E-state index in [0.29, 0.717) is 12.8 Å². The van der Waals surface area contributed by atoms with Crippen molar-refractivity contribution in [2.24, 2.45) is 0 Å². The number of amides is 2. The summed E-state index contributed by atoms with van der Waals surface area (Å²) in [4.78, 5) is 25.6. The predicted molar refractivity (Wildman–Crippen MR) is 157 cm³/mol. The number of hydrogen-bond donors (Lipinski definition) is 2. The zero-order chi connectivity index (χ0) is 26.8. The van der Waals surface area contributed by atoms with Crippen LogP contribution in [-0.2, 0) is 9.59 Å². The Morgan fingerprint density at radius 1 is 0.444 bits per heavy atom. The van der Waals surface area contributed by atoms with Crippen LogP contribution < -0.4 is 10.6 Å². The molecular formula is C32H56N2O2. The lowest BCUT2D eigenvalue weighted by Gasteiger charge is -2.22. The number of hydrogen-bond acceptors (Lipinski definition) is 2. The van der Waals surface area contributed by atoms with Crippen LogP contribution >= 0.6 is 0 Å². The van der Waals surface area contributed by atoms with E-state index in [-0.39, 0.29) is 11.8 Å². The van der Waals surface area contributed by atoms with Gasteiger partial charge in [-0.2, -0.15) is 0 Å². The molecule has 0 unspecified atom stereocenters. The van der Waals surface area contributed by atoms with Crippen LogP contribution in [0.1, 0.15) is 152 Å². The maximum absolute atomic E-state index is 12.8. The van der Waals surface area contributed by atoms with E-state index >= 15 is 0 Å². The molecule has 0 aliphatic carbocycles. The van der Waals surface area contributed by atoms with E-state index in [1.165, 1.54) is 88.2 Å². The van der Waals surface area contributed by atoms with Gasteiger partial charge in [0.05, 0.1) is 11.4 Å². The second-order valence-corrected chi connectivity index (χ2v) is 10.8. The fourth-order valence-corrected chi connectivity index (χ4v) is 4.87. The van der Waals surface area contributed by atoms with Gasteiger partial charge in [-0.3, -0.25) is 9.59 Å². The SMILES string of the molecule is CCCCCCCCCCC(=O)Nc1c(C)c(C)c(C)c(C)c1NC(=O)CCCCCCCCCC. The molecule has 0 aliphatic heterocycles. The predicted octanol–water partition coefficient (Wildman–Crippen LogP) is 9.86. The molecule has 4 heteroatoms. The molecule has 206 valence electrons. The van der Waals surface area contributed by atoms with Gasteiger partial charge >= 0.3 is 0 Å². The van der Waals surface area contributed by atoms with Crippen molar-refractivity contribution in [2.75, 3.05) is 10.6 Å². The van der Waals surface area contributed by atoms with Gasteiger partial charge in [0.25, 0.3) is 0 Å². The summed E-state index contributed by atoms with van der Waals surface area (Å²) in [7, 11) is 0. The first-order valence-electron chi connectivity index (χ1n) is 15.0. The molecule has 0 heterocycles. The van der Waals surface area contributed by atoms with Crippen LogP contribution in [0.15, 0.2) is 0 Å². The smallest absolute Gasteiger partial charge is 0.224 e. The molecule has 4 nitrogen and oxygen atoms in total. The minimum absolute atomic E-state index is 0.0466. The van der Waals surface area contributed by atoms with Gasteiger partial charge in [0.2, 0.25) is 11.8 Å².